The molecule has 1 heterocycles. The third kappa shape index (κ3) is 3.85. The Kier molecular flexibility index (Phi) is 3.78. The van der Waals surface area contributed by atoms with Crippen LogP contribution in [0.5, 0.6) is 0 Å². The maximum Gasteiger partial charge on any atom is 0.233 e. The number of rotatable bonds is 6. The van der Waals surface area contributed by atoms with Gasteiger partial charge in [-0.05, 0) is 25.7 Å². The Labute approximate surface area is 102 Å². The molecule has 0 spiro atoms. The van der Waals surface area contributed by atoms with Crippen molar-refractivity contribution in [2.75, 3.05) is 13.1 Å². The molecule has 0 saturated heterocycles. The molecule has 0 aromatic carbocycles. The van der Waals surface area contributed by atoms with E-state index >= 15 is 0 Å². The van der Waals surface area contributed by atoms with E-state index < -0.39 is 0 Å². The Morgan fingerprint density at radius 2 is 2.35 bits per heavy atom. The topological polar surface area (TPSA) is 59.0 Å². The normalized spacial score (nSPS) is 14.9. The summed E-state index contributed by atoms with van der Waals surface area (Å²) in [7, 11) is 1.90. The van der Waals surface area contributed by atoms with Gasteiger partial charge in [0, 0.05) is 31.9 Å². The third-order valence-corrected chi connectivity index (χ3v) is 3.00. The zero-order chi connectivity index (χ0) is 12.3. The molecule has 0 atom stereocenters. The molecule has 94 valence electrons. The Hall–Kier alpha value is -1.36. The van der Waals surface area contributed by atoms with Gasteiger partial charge in [-0.1, -0.05) is 0 Å². The Morgan fingerprint density at radius 3 is 2.94 bits per heavy atom. The molecule has 2 N–H and O–H groups in total. The first-order valence-corrected chi connectivity index (χ1v) is 6.11. The lowest BCUT2D eigenvalue weighted by Crippen LogP contribution is -2.34. The van der Waals surface area contributed by atoms with Crippen LogP contribution in [0.3, 0.4) is 0 Å². The summed E-state index contributed by atoms with van der Waals surface area (Å²) in [6.45, 7) is 3.88. The minimum absolute atomic E-state index is 0.0819. The summed E-state index contributed by atoms with van der Waals surface area (Å²) in [6.07, 6.45) is 4.51. The van der Waals surface area contributed by atoms with E-state index in [1.54, 1.807) is 4.68 Å². The van der Waals surface area contributed by atoms with Crippen molar-refractivity contribution in [1.29, 1.82) is 0 Å². The molecule has 0 bridgehead atoms. The Bertz CT molecular complexity index is 395. The largest absolute Gasteiger partial charge is 0.355 e. The number of nitrogens with zero attached hydrogens (tertiary/aromatic N) is 2. The molecule has 1 fully saturated rings. The van der Waals surface area contributed by atoms with E-state index in [1.807, 2.05) is 20.2 Å². The highest BCUT2D eigenvalue weighted by molar-refractivity contribution is 5.77. The first-order valence-electron chi connectivity index (χ1n) is 6.11. The molecular weight excluding hydrogens is 216 g/mol. The number of carbonyl (C=O) groups is 1. The van der Waals surface area contributed by atoms with Gasteiger partial charge >= 0.3 is 0 Å². The minimum atomic E-state index is 0.0819. The fourth-order valence-corrected chi connectivity index (χ4v) is 1.78. The van der Waals surface area contributed by atoms with Crippen molar-refractivity contribution in [2.24, 2.45) is 13.0 Å². The van der Waals surface area contributed by atoms with Crippen LogP contribution in [0.25, 0.3) is 0 Å². The maximum absolute atomic E-state index is 11.5. The second-order valence-corrected chi connectivity index (χ2v) is 4.76. The van der Waals surface area contributed by atoms with Crippen LogP contribution in [0.2, 0.25) is 0 Å². The van der Waals surface area contributed by atoms with Gasteiger partial charge in [-0.25, -0.2) is 0 Å². The number of aromatic nitrogens is 2. The SMILES string of the molecule is Cc1nn(C)cc1CNCC(=O)NCC1CC1. The molecule has 1 amide bonds. The van der Waals surface area contributed by atoms with Crippen LogP contribution in [-0.4, -0.2) is 28.8 Å². The van der Waals surface area contributed by atoms with E-state index in [0.29, 0.717) is 13.1 Å². The van der Waals surface area contributed by atoms with E-state index in [2.05, 4.69) is 15.7 Å². The van der Waals surface area contributed by atoms with Crippen LogP contribution in [0.4, 0.5) is 0 Å². The number of aryl methyl sites for hydroxylation is 2. The van der Waals surface area contributed by atoms with Crippen LogP contribution in [0, 0.1) is 12.8 Å². The molecular formula is C12H20N4O. The van der Waals surface area contributed by atoms with Gasteiger partial charge in [-0.3, -0.25) is 9.48 Å². The zero-order valence-corrected chi connectivity index (χ0v) is 10.5. The molecule has 1 aromatic heterocycles. The number of amides is 1. The van der Waals surface area contributed by atoms with Crippen molar-refractivity contribution in [3.05, 3.63) is 17.5 Å². The fourth-order valence-electron chi connectivity index (χ4n) is 1.78. The molecule has 0 unspecified atom stereocenters. The molecule has 17 heavy (non-hydrogen) atoms. The van der Waals surface area contributed by atoms with Crippen molar-refractivity contribution in [2.45, 2.75) is 26.3 Å². The van der Waals surface area contributed by atoms with Crippen molar-refractivity contribution in [3.63, 3.8) is 0 Å². The van der Waals surface area contributed by atoms with Gasteiger partial charge in [0.1, 0.15) is 0 Å². The summed E-state index contributed by atoms with van der Waals surface area (Å²) in [4.78, 5) is 11.5. The number of hydrogen-bond acceptors (Lipinski definition) is 3. The summed E-state index contributed by atoms with van der Waals surface area (Å²) < 4.78 is 1.79. The Morgan fingerprint density at radius 1 is 1.59 bits per heavy atom. The first-order chi connectivity index (χ1) is 8.15. The molecule has 1 aliphatic carbocycles. The van der Waals surface area contributed by atoms with Gasteiger partial charge in [0.15, 0.2) is 0 Å². The maximum atomic E-state index is 11.5. The van der Waals surface area contributed by atoms with E-state index in [-0.39, 0.29) is 5.91 Å². The standard InChI is InChI=1S/C12H20N4O/c1-9-11(8-16(2)15-9)6-13-7-12(17)14-5-10-3-4-10/h8,10,13H,3-7H2,1-2H3,(H,14,17). The lowest BCUT2D eigenvalue weighted by atomic mass is 10.2. The van der Waals surface area contributed by atoms with Crippen molar-refractivity contribution >= 4 is 5.91 Å². The van der Waals surface area contributed by atoms with E-state index in [1.165, 1.54) is 12.8 Å². The quantitative estimate of drug-likeness (QED) is 0.749. The monoisotopic (exact) mass is 236 g/mol. The molecule has 1 aromatic rings. The highest BCUT2D eigenvalue weighted by Crippen LogP contribution is 2.27. The van der Waals surface area contributed by atoms with Crippen molar-refractivity contribution < 1.29 is 4.79 Å². The molecule has 0 radical (unpaired) electrons. The smallest absolute Gasteiger partial charge is 0.233 e. The first kappa shape index (κ1) is 12.1. The second-order valence-electron chi connectivity index (χ2n) is 4.76. The summed E-state index contributed by atoms with van der Waals surface area (Å²) in [5, 5.41) is 10.3. The molecule has 5 nitrogen and oxygen atoms in total. The van der Waals surface area contributed by atoms with Gasteiger partial charge in [0.05, 0.1) is 12.2 Å². The van der Waals surface area contributed by atoms with Gasteiger partial charge in [0.25, 0.3) is 0 Å². The van der Waals surface area contributed by atoms with Crippen LogP contribution in [0.15, 0.2) is 6.20 Å². The predicted octanol–water partition coefficient (Wildman–Crippen LogP) is 0.344. The minimum Gasteiger partial charge on any atom is -0.355 e. The third-order valence-electron chi connectivity index (χ3n) is 3.00. The second kappa shape index (κ2) is 5.31. The van der Waals surface area contributed by atoms with Crippen LogP contribution >= 0.6 is 0 Å². The summed E-state index contributed by atoms with van der Waals surface area (Å²) in [5.74, 6) is 0.818. The zero-order valence-electron chi connectivity index (χ0n) is 10.5. The molecule has 0 aliphatic heterocycles. The lowest BCUT2D eigenvalue weighted by Gasteiger charge is -2.05. The van der Waals surface area contributed by atoms with Gasteiger partial charge < -0.3 is 10.6 Å². The molecule has 1 saturated carbocycles. The van der Waals surface area contributed by atoms with E-state index in [0.717, 1.165) is 23.7 Å². The van der Waals surface area contributed by atoms with Crippen molar-refractivity contribution in [3.8, 4) is 0 Å². The van der Waals surface area contributed by atoms with E-state index in [4.69, 9.17) is 0 Å². The van der Waals surface area contributed by atoms with Gasteiger partial charge in [-0.15, -0.1) is 0 Å². The van der Waals surface area contributed by atoms with Crippen LogP contribution in [-0.2, 0) is 18.4 Å². The predicted molar refractivity (Wildman–Crippen MR) is 65.4 cm³/mol. The number of nitrogens with one attached hydrogen (secondary N) is 2. The average Bonchev–Trinajstić information content (AvgIpc) is 3.03. The summed E-state index contributed by atoms with van der Waals surface area (Å²) in [5.41, 5.74) is 2.15. The molecule has 5 heteroatoms. The van der Waals surface area contributed by atoms with Crippen LogP contribution in [0.1, 0.15) is 24.1 Å². The van der Waals surface area contributed by atoms with Gasteiger partial charge in [-0.2, -0.15) is 5.10 Å². The van der Waals surface area contributed by atoms with E-state index in [9.17, 15) is 4.79 Å². The number of hydrogen-bond donors (Lipinski definition) is 2. The summed E-state index contributed by atoms with van der Waals surface area (Å²) in [6, 6.07) is 0. The summed E-state index contributed by atoms with van der Waals surface area (Å²) >= 11 is 0. The number of carbonyl (C=O) groups excluding carboxylic acids is 1. The lowest BCUT2D eigenvalue weighted by molar-refractivity contribution is -0.120. The average molecular weight is 236 g/mol. The highest BCUT2D eigenvalue weighted by atomic mass is 16.1. The van der Waals surface area contributed by atoms with Crippen LogP contribution < -0.4 is 10.6 Å². The van der Waals surface area contributed by atoms with Crippen molar-refractivity contribution in [1.82, 2.24) is 20.4 Å². The fraction of sp³-hybridized carbons (Fsp3) is 0.667. The Balaban J connectivity index is 1.64. The highest BCUT2D eigenvalue weighted by Gasteiger charge is 2.21. The molecule has 1 aliphatic rings. The molecule has 2 rings (SSSR count). The van der Waals surface area contributed by atoms with Gasteiger partial charge in [0.2, 0.25) is 5.91 Å².